The maximum absolute atomic E-state index is 5.95. The Kier molecular flexibility index (Phi) is 2.94. The van der Waals surface area contributed by atoms with Crippen LogP contribution in [0.4, 0.5) is 0 Å². The van der Waals surface area contributed by atoms with E-state index in [4.69, 9.17) is 27.6 Å². The van der Waals surface area contributed by atoms with Crippen molar-refractivity contribution in [2.45, 2.75) is 0 Å². The lowest BCUT2D eigenvalue weighted by atomic mass is 10.2. The number of benzene rings is 1. The van der Waals surface area contributed by atoms with Gasteiger partial charge in [-0.2, -0.15) is 0 Å². The van der Waals surface area contributed by atoms with E-state index in [0.717, 1.165) is 0 Å². The molecule has 0 unspecified atom stereocenters. The molecule has 0 aliphatic heterocycles. The summed E-state index contributed by atoms with van der Waals surface area (Å²) >= 11 is 13.7. The van der Waals surface area contributed by atoms with Crippen molar-refractivity contribution >= 4 is 45.8 Å². The molecule has 1 aromatic heterocycles. The first kappa shape index (κ1) is 10.2. The topological polar surface area (TPSA) is 38.9 Å². The molecule has 0 saturated carbocycles. The zero-order valence-electron chi connectivity index (χ0n) is 6.67. The maximum atomic E-state index is 5.95. The Labute approximate surface area is 104 Å². The largest absolute Gasteiger partial charge is 0.412 e. The summed E-state index contributed by atoms with van der Waals surface area (Å²) < 4.78 is 5.69. The van der Waals surface area contributed by atoms with E-state index >= 15 is 0 Å². The van der Waals surface area contributed by atoms with Crippen molar-refractivity contribution in [3.8, 4) is 11.5 Å². The highest BCUT2D eigenvalue weighted by Crippen LogP contribution is 2.29. The van der Waals surface area contributed by atoms with Gasteiger partial charge in [-0.05, 0) is 18.2 Å². The molecule has 72 valence electrons. The van der Waals surface area contributed by atoms with E-state index in [1.54, 1.807) is 18.2 Å². The number of aromatic nitrogens is 2. The van der Waals surface area contributed by atoms with Gasteiger partial charge < -0.3 is 4.42 Å². The number of rotatable bonds is 1. The van der Waals surface area contributed by atoms with E-state index in [1.165, 1.54) is 0 Å². The Morgan fingerprint density at radius 1 is 1.21 bits per heavy atom. The molecule has 0 aliphatic carbocycles. The SMILES string of the molecule is Clc1ccc(Cl)c(-c2nnc(I)o2)c1. The Hall–Kier alpha value is -0.330. The van der Waals surface area contributed by atoms with E-state index in [9.17, 15) is 0 Å². The minimum Gasteiger partial charge on any atom is -0.412 e. The lowest BCUT2D eigenvalue weighted by Gasteiger charge is -1.98. The zero-order valence-corrected chi connectivity index (χ0v) is 10.3. The van der Waals surface area contributed by atoms with E-state index in [-0.39, 0.29) is 0 Å². The first-order valence-electron chi connectivity index (χ1n) is 3.61. The number of halogens is 3. The van der Waals surface area contributed by atoms with Gasteiger partial charge in [-0.15, -0.1) is 10.2 Å². The highest BCUT2D eigenvalue weighted by atomic mass is 127. The summed E-state index contributed by atoms with van der Waals surface area (Å²) in [5.41, 5.74) is 0.648. The first-order valence-corrected chi connectivity index (χ1v) is 5.45. The minimum absolute atomic E-state index is 0.377. The van der Waals surface area contributed by atoms with Gasteiger partial charge in [-0.3, -0.25) is 0 Å². The molecule has 1 heterocycles. The summed E-state index contributed by atoms with van der Waals surface area (Å²) in [6, 6.07) is 5.08. The van der Waals surface area contributed by atoms with Gasteiger partial charge in [0.05, 0.1) is 10.6 Å². The van der Waals surface area contributed by atoms with Crippen LogP contribution in [-0.2, 0) is 0 Å². The first-order chi connectivity index (χ1) is 6.66. The van der Waals surface area contributed by atoms with Crippen molar-refractivity contribution in [2.75, 3.05) is 0 Å². The molecule has 0 spiro atoms. The predicted octanol–water partition coefficient (Wildman–Crippen LogP) is 3.65. The van der Waals surface area contributed by atoms with E-state index in [1.807, 2.05) is 22.6 Å². The molecule has 2 aromatic rings. The molecule has 6 heteroatoms. The van der Waals surface area contributed by atoms with Crippen molar-refractivity contribution in [1.29, 1.82) is 0 Å². The molecule has 0 N–H and O–H groups in total. The average molecular weight is 341 g/mol. The second-order valence-electron chi connectivity index (χ2n) is 2.48. The van der Waals surface area contributed by atoms with Gasteiger partial charge in [-0.25, -0.2) is 0 Å². The van der Waals surface area contributed by atoms with Gasteiger partial charge in [0.25, 0.3) is 3.90 Å². The zero-order chi connectivity index (χ0) is 10.1. The van der Waals surface area contributed by atoms with Crippen LogP contribution >= 0.6 is 45.8 Å². The maximum Gasteiger partial charge on any atom is 0.278 e. The van der Waals surface area contributed by atoms with Gasteiger partial charge in [0.2, 0.25) is 5.89 Å². The molecule has 0 fully saturated rings. The van der Waals surface area contributed by atoms with Crippen molar-refractivity contribution < 1.29 is 4.42 Å². The Morgan fingerprint density at radius 3 is 2.64 bits per heavy atom. The monoisotopic (exact) mass is 340 g/mol. The predicted molar refractivity (Wildman–Crippen MR) is 62.5 cm³/mol. The van der Waals surface area contributed by atoms with Gasteiger partial charge >= 0.3 is 0 Å². The van der Waals surface area contributed by atoms with E-state index in [0.29, 0.717) is 25.4 Å². The van der Waals surface area contributed by atoms with Crippen molar-refractivity contribution in [3.05, 3.63) is 32.1 Å². The smallest absolute Gasteiger partial charge is 0.278 e. The third-order valence-corrected chi connectivity index (χ3v) is 2.56. The molecule has 0 saturated heterocycles. The lowest BCUT2D eigenvalue weighted by Crippen LogP contribution is -1.79. The van der Waals surface area contributed by atoms with Crippen molar-refractivity contribution in [2.24, 2.45) is 0 Å². The van der Waals surface area contributed by atoms with Crippen LogP contribution in [0.5, 0.6) is 0 Å². The summed E-state index contributed by atoms with van der Waals surface area (Å²) in [5.74, 6) is 0.377. The highest BCUT2D eigenvalue weighted by molar-refractivity contribution is 14.1. The van der Waals surface area contributed by atoms with Crippen LogP contribution < -0.4 is 0 Å². The van der Waals surface area contributed by atoms with Crippen molar-refractivity contribution in [3.63, 3.8) is 0 Å². The summed E-state index contributed by atoms with van der Waals surface area (Å²) in [6.45, 7) is 0. The van der Waals surface area contributed by atoms with Gasteiger partial charge in [-0.1, -0.05) is 23.2 Å². The molecule has 3 nitrogen and oxygen atoms in total. The third kappa shape index (κ3) is 2.02. The van der Waals surface area contributed by atoms with Gasteiger partial charge in [0.15, 0.2) is 0 Å². The van der Waals surface area contributed by atoms with Crippen LogP contribution in [0.2, 0.25) is 10.0 Å². The molecule has 0 bridgehead atoms. The Bertz CT molecular complexity index is 472. The Morgan fingerprint density at radius 2 is 2.00 bits per heavy atom. The van der Waals surface area contributed by atoms with Crippen LogP contribution in [0.1, 0.15) is 0 Å². The summed E-state index contributed by atoms with van der Waals surface area (Å²) in [6.07, 6.45) is 0. The third-order valence-electron chi connectivity index (χ3n) is 1.56. The summed E-state index contributed by atoms with van der Waals surface area (Å²) in [7, 11) is 0. The van der Waals surface area contributed by atoms with E-state index < -0.39 is 0 Å². The fraction of sp³-hybridized carbons (Fsp3) is 0. The fourth-order valence-electron chi connectivity index (χ4n) is 0.976. The quantitative estimate of drug-likeness (QED) is 0.744. The lowest BCUT2D eigenvalue weighted by molar-refractivity contribution is 0.537. The Balaban J connectivity index is 2.55. The molecular formula is C8H3Cl2IN2O. The van der Waals surface area contributed by atoms with Crippen LogP contribution in [0.3, 0.4) is 0 Å². The minimum atomic E-state index is 0.377. The molecule has 0 aliphatic rings. The molecule has 2 rings (SSSR count). The van der Waals surface area contributed by atoms with Crippen LogP contribution in [0.15, 0.2) is 22.6 Å². The standard InChI is InChI=1S/C8H3Cl2IN2O/c9-4-1-2-6(10)5(3-4)7-12-13-8(11)14-7/h1-3H. The molecule has 0 atom stereocenters. The summed E-state index contributed by atoms with van der Waals surface area (Å²) in [5, 5.41) is 8.67. The normalized spacial score (nSPS) is 10.5. The number of nitrogens with zero attached hydrogens (tertiary/aromatic N) is 2. The van der Waals surface area contributed by atoms with Gasteiger partial charge in [0, 0.05) is 27.6 Å². The van der Waals surface area contributed by atoms with Crippen LogP contribution in [0.25, 0.3) is 11.5 Å². The molecule has 0 amide bonds. The number of hydrogen-bond acceptors (Lipinski definition) is 3. The second-order valence-corrected chi connectivity index (χ2v) is 4.25. The second kappa shape index (κ2) is 4.04. The molecule has 14 heavy (non-hydrogen) atoms. The van der Waals surface area contributed by atoms with E-state index in [2.05, 4.69) is 10.2 Å². The molecular weight excluding hydrogens is 338 g/mol. The van der Waals surface area contributed by atoms with Gasteiger partial charge in [0.1, 0.15) is 0 Å². The van der Waals surface area contributed by atoms with Crippen LogP contribution in [0, 0.1) is 3.90 Å². The molecule has 1 aromatic carbocycles. The average Bonchev–Trinajstić information content (AvgIpc) is 2.56. The highest BCUT2D eigenvalue weighted by Gasteiger charge is 2.10. The fourth-order valence-corrected chi connectivity index (χ4v) is 1.66. The van der Waals surface area contributed by atoms with Crippen LogP contribution in [-0.4, -0.2) is 10.2 Å². The summed E-state index contributed by atoms with van der Waals surface area (Å²) in [4.78, 5) is 0. The number of hydrogen-bond donors (Lipinski definition) is 0. The van der Waals surface area contributed by atoms with Crippen molar-refractivity contribution in [1.82, 2.24) is 10.2 Å². The molecule has 0 radical (unpaired) electrons.